The van der Waals surface area contributed by atoms with Crippen molar-refractivity contribution in [2.75, 3.05) is 0 Å². The number of carbonyl (C=O) groups is 2. The number of hydrogen-bond acceptors (Lipinski definition) is 4. The van der Waals surface area contributed by atoms with E-state index in [0.29, 0.717) is 6.07 Å². The van der Waals surface area contributed by atoms with Crippen molar-refractivity contribution in [2.24, 2.45) is 5.73 Å². The molecule has 9 heteroatoms. The highest BCUT2D eigenvalue weighted by Gasteiger charge is 2.23. The third-order valence-corrected chi connectivity index (χ3v) is 3.58. The van der Waals surface area contributed by atoms with E-state index in [-0.39, 0.29) is 29.7 Å². The van der Waals surface area contributed by atoms with Gasteiger partial charge in [0.2, 0.25) is 11.8 Å². The SMILES string of the molecule is NC(=O)[C@@H](Cc1ccccc1[N+](=O)[O-])NC(=O)Cc1cc(F)cc(F)c1. The molecule has 1 atom stereocenters. The van der Waals surface area contributed by atoms with Gasteiger partial charge < -0.3 is 11.1 Å². The van der Waals surface area contributed by atoms with E-state index in [0.717, 1.165) is 12.1 Å². The second-order valence-corrected chi connectivity index (χ2v) is 5.57. The molecular weight excluding hydrogens is 348 g/mol. The number of carbonyl (C=O) groups excluding carboxylic acids is 2. The number of amides is 2. The van der Waals surface area contributed by atoms with E-state index in [1.807, 2.05) is 0 Å². The van der Waals surface area contributed by atoms with Crippen LogP contribution in [-0.2, 0) is 22.4 Å². The normalized spacial score (nSPS) is 11.6. The van der Waals surface area contributed by atoms with E-state index >= 15 is 0 Å². The standard InChI is InChI=1S/C17H15F2N3O4/c18-12-5-10(6-13(19)9-12)7-16(23)21-14(17(20)24)8-11-3-1-2-4-15(11)22(25)26/h1-6,9,14H,7-8H2,(H2,20,24)(H,21,23)/t14-/m1/s1. The van der Waals surface area contributed by atoms with E-state index < -0.39 is 34.4 Å². The summed E-state index contributed by atoms with van der Waals surface area (Å²) in [6.45, 7) is 0. The van der Waals surface area contributed by atoms with Crippen LogP contribution in [0.5, 0.6) is 0 Å². The Labute approximate surface area is 147 Å². The molecule has 136 valence electrons. The minimum atomic E-state index is -1.21. The molecule has 0 saturated heterocycles. The number of benzene rings is 2. The largest absolute Gasteiger partial charge is 0.368 e. The van der Waals surface area contributed by atoms with Crippen LogP contribution < -0.4 is 11.1 Å². The molecule has 0 unspecified atom stereocenters. The number of nitro groups is 1. The second-order valence-electron chi connectivity index (χ2n) is 5.57. The van der Waals surface area contributed by atoms with Crippen LogP contribution in [0.15, 0.2) is 42.5 Å². The third-order valence-electron chi connectivity index (χ3n) is 3.58. The van der Waals surface area contributed by atoms with Crippen molar-refractivity contribution >= 4 is 17.5 Å². The Morgan fingerprint density at radius 3 is 2.35 bits per heavy atom. The number of rotatable bonds is 7. The van der Waals surface area contributed by atoms with Crippen molar-refractivity contribution in [3.05, 3.63) is 75.3 Å². The van der Waals surface area contributed by atoms with Crippen LogP contribution in [-0.4, -0.2) is 22.8 Å². The molecule has 0 aromatic heterocycles. The first-order valence-corrected chi connectivity index (χ1v) is 7.52. The summed E-state index contributed by atoms with van der Waals surface area (Å²) in [5.41, 5.74) is 5.35. The lowest BCUT2D eigenvalue weighted by molar-refractivity contribution is -0.385. The minimum absolute atomic E-state index is 0.0777. The third kappa shape index (κ3) is 5.07. The summed E-state index contributed by atoms with van der Waals surface area (Å²) < 4.78 is 26.3. The zero-order chi connectivity index (χ0) is 19.3. The molecule has 0 bridgehead atoms. The molecule has 0 saturated carbocycles. The molecule has 0 spiro atoms. The fourth-order valence-corrected chi connectivity index (χ4v) is 2.45. The van der Waals surface area contributed by atoms with Crippen molar-refractivity contribution in [3.8, 4) is 0 Å². The van der Waals surface area contributed by atoms with Crippen LogP contribution in [0, 0.1) is 21.7 Å². The van der Waals surface area contributed by atoms with Crippen LogP contribution >= 0.6 is 0 Å². The summed E-state index contributed by atoms with van der Waals surface area (Å²) in [4.78, 5) is 34.1. The highest BCUT2D eigenvalue weighted by molar-refractivity contribution is 5.87. The van der Waals surface area contributed by atoms with Gasteiger partial charge in [-0.1, -0.05) is 18.2 Å². The number of primary amides is 1. The summed E-state index contributed by atoms with van der Waals surface area (Å²) in [5.74, 6) is -3.25. The molecule has 2 aromatic carbocycles. The van der Waals surface area contributed by atoms with Gasteiger partial charge in [0.25, 0.3) is 5.69 Å². The molecule has 0 radical (unpaired) electrons. The van der Waals surface area contributed by atoms with Gasteiger partial charge >= 0.3 is 0 Å². The second kappa shape index (κ2) is 8.15. The maximum absolute atomic E-state index is 13.2. The van der Waals surface area contributed by atoms with Gasteiger partial charge in [0.15, 0.2) is 0 Å². The van der Waals surface area contributed by atoms with Gasteiger partial charge in [0.05, 0.1) is 11.3 Å². The molecule has 26 heavy (non-hydrogen) atoms. The Kier molecular flexibility index (Phi) is 5.94. The smallest absolute Gasteiger partial charge is 0.272 e. The van der Waals surface area contributed by atoms with Crippen molar-refractivity contribution in [3.63, 3.8) is 0 Å². The molecule has 0 aliphatic heterocycles. The highest BCUT2D eigenvalue weighted by Crippen LogP contribution is 2.19. The van der Waals surface area contributed by atoms with Crippen LogP contribution in [0.1, 0.15) is 11.1 Å². The Bertz CT molecular complexity index is 837. The van der Waals surface area contributed by atoms with Gasteiger partial charge in [-0.15, -0.1) is 0 Å². The number of hydrogen-bond donors (Lipinski definition) is 2. The molecule has 0 aliphatic rings. The first kappa shape index (κ1) is 19.0. The van der Waals surface area contributed by atoms with Gasteiger partial charge in [0.1, 0.15) is 17.7 Å². The summed E-state index contributed by atoms with van der Waals surface area (Å²) in [7, 11) is 0. The summed E-state index contributed by atoms with van der Waals surface area (Å²) in [5, 5.41) is 13.4. The van der Waals surface area contributed by atoms with E-state index in [1.165, 1.54) is 18.2 Å². The number of nitrogens with one attached hydrogen (secondary N) is 1. The average Bonchev–Trinajstić information content (AvgIpc) is 2.53. The van der Waals surface area contributed by atoms with E-state index in [1.54, 1.807) is 6.07 Å². The van der Waals surface area contributed by atoms with Crippen LogP contribution in [0.2, 0.25) is 0 Å². The number of nitrogens with two attached hydrogens (primary N) is 1. The first-order chi connectivity index (χ1) is 12.3. The maximum Gasteiger partial charge on any atom is 0.272 e. The molecule has 7 nitrogen and oxygen atoms in total. The molecule has 2 amide bonds. The fourth-order valence-electron chi connectivity index (χ4n) is 2.45. The van der Waals surface area contributed by atoms with E-state index in [9.17, 15) is 28.5 Å². The van der Waals surface area contributed by atoms with Gasteiger partial charge in [0, 0.05) is 24.1 Å². The average molecular weight is 363 g/mol. The predicted octanol–water partition coefficient (Wildman–Crippen LogP) is 1.63. The molecule has 0 aliphatic carbocycles. The van der Waals surface area contributed by atoms with Gasteiger partial charge in [-0.25, -0.2) is 8.78 Å². The number of halogens is 2. The zero-order valence-corrected chi connectivity index (χ0v) is 13.4. The highest BCUT2D eigenvalue weighted by atomic mass is 19.1. The number of nitrogens with zero attached hydrogens (tertiary/aromatic N) is 1. The van der Waals surface area contributed by atoms with Crippen molar-refractivity contribution in [1.29, 1.82) is 0 Å². The quantitative estimate of drug-likeness (QED) is 0.574. The molecule has 0 fully saturated rings. The van der Waals surface area contributed by atoms with Crippen molar-refractivity contribution in [2.45, 2.75) is 18.9 Å². The molecule has 3 N–H and O–H groups in total. The van der Waals surface area contributed by atoms with Crippen molar-refractivity contribution < 1.29 is 23.3 Å². The molecular formula is C17H15F2N3O4. The number of nitro benzene ring substituents is 1. The topological polar surface area (TPSA) is 115 Å². The summed E-state index contributed by atoms with van der Waals surface area (Å²) in [6, 6.07) is 7.18. The monoisotopic (exact) mass is 363 g/mol. The molecule has 2 rings (SSSR count). The van der Waals surface area contributed by atoms with Gasteiger partial charge in [-0.3, -0.25) is 19.7 Å². The first-order valence-electron chi connectivity index (χ1n) is 7.52. The van der Waals surface area contributed by atoms with Crippen LogP contribution in [0.4, 0.5) is 14.5 Å². The maximum atomic E-state index is 13.2. The molecule has 0 heterocycles. The van der Waals surface area contributed by atoms with Crippen LogP contribution in [0.3, 0.4) is 0 Å². The fraction of sp³-hybridized carbons (Fsp3) is 0.176. The lowest BCUT2D eigenvalue weighted by Crippen LogP contribution is -2.46. The Hall–Kier alpha value is -3.36. The minimum Gasteiger partial charge on any atom is -0.368 e. The number of para-hydroxylation sites is 1. The summed E-state index contributed by atoms with van der Waals surface area (Å²) in [6.07, 6.45) is -0.564. The molecule has 2 aromatic rings. The Morgan fingerprint density at radius 1 is 1.15 bits per heavy atom. The Morgan fingerprint density at radius 2 is 1.77 bits per heavy atom. The van der Waals surface area contributed by atoms with Crippen molar-refractivity contribution in [1.82, 2.24) is 5.32 Å². The summed E-state index contributed by atoms with van der Waals surface area (Å²) >= 11 is 0. The van der Waals surface area contributed by atoms with Gasteiger partial charge in [-0.05, 0) is 17.7 Å². The lowest BCUT2D eigenvalue weighted by Gasteiger charge is -2.16. The van der Waals surface area contributed by atoms with E-state index in [4.69, 9.17) is 5.73 Å². The predicted molar refractivity (Wildman–Crippen MR) is 88.0 cm³/mol. The zero-order valence-electron chi connectivity index (χ0n) is 13.4. The van der Waals surface area contributed by atoms with Crippen LogP contribution in [0.25, 0.3) is 0 Å². The van der Waals surface area contributed by atoms with Gasteiger partial charge in [-0.2, -0.15) is 0 Å². The Balaban J connectivity index is 2.12. The van der Waals surface area contributed by atoms with E-state index in [2.05, 4.69) is 5.32 Å². The lowest BCUT2D eigenvalue weighted by atomic mass is 10.0.